The number of benzene rings is 1. The van der Waals surface area contributed by atoms with E-state index in [-0.39, 0.29) is 23.6 Å². The van der Waals surface area contributed by atoms with Gasteiger partial charge in [-0.05, 0) is 24.6 Å². The van der Waals surface area contributed by atoms with Gasteiger partial charge in [-0.15, -0.1) is 0 Å². The number of halogens is 2. The molecule has 0 amide bonds. The van der Waals surface area contributed by atoms with Crippen LogP contribution in [-0.2, 0) is 6.42 Å². The van der Waals surface area contributed by atoms with Gasteiger partial charge in [0.05, 0.1) is 17.2 Å². The molecule has 1 unspecified atom stereocenters. The number of aliphatic hydroxyl groups excluding tert-OH is 1. The van der Waals surface area contributed by atoms with Gasteiger partial charge in [0.1, 0.15) is 5.58 Å². The fourth-order valence-electron chi connectivity index (χ4n) is 1.68. The molecule has 0 saturated heterocycles. The van der Waals surface area contributed by atoms with Crippen LogP contribution in [0.3, 0.4) is 0 Å². The second-order valence-electron chi connectivity index (χ2n) is 3.97. The first-order valence-electron chi connectivity index (χ1n) is 5.30. The molecule has 0 fully saturated rings. The molecule has 1 aromatic heterocycles. The van der Waals surface area contributed by atoms with Crippen LogP contribution >= 0.6 is 23.2 Å². The lowest BCUT2D eigenvalue weighted by atomic mass is 10.1. The molecule has 2 rings (SSSR count). The van der Waals surface area contributed by atoms with Crippen LogP contribution in [0.15, 0.2) is 27.4 Å². The van der Waals surface area contributed by atoms with Crippen LogP contribution in [0.1, 0.15) is 5.56 Å². The smallest absolute Gasteiger partial charge is 0.341 e. The molecule has 2 aromatic rings. The molecule has 0 aliphatic heterocycles. The predicted octanol–water partition coefficient (Wildman–Crippen LogP) is 1.96. The average Bonchev–Trinajstić information content (AvgIpc) is 2.35. The van der Waals surface area contributed by atoms with Crippen LogP contribution < -0.4 is 11.4 Å². The minimum absolute atomic E-state index is 0.153. The summed E-state index contributed by atoms with van der Waals surface area (Å²) in [6.45, 7) is -0.233. The van der Waals surface area contributed by atoms with Crippen molar-refractivity contribution < 1.29 is 9.52 Å². The third kappa shape index (κ3) is 2.52. The maximum Gasteiger partial charge on any atom is 0.341 e. The third-order valence-corrected chi connectivity index (χ3v) is 3.26. The zero-order chi connectivity index (χ0) is 13.3. The largest absolute Gasteiger partial charge is 0.422 e. The highest BCUT2D eigenvalue weighted by Crippen LogP contribution is 2.28. The molecule has 4 nitrogen and oxygen atoms in total. The Morgan fingerprint density at radius 2 is 2.11 bits per heavy atom. The lowest BCUT2D eigenvalue weighted by Gasteiger charge is -2.10. The van der Waals surface area contributed by atoms with Crippen molar-refractivity contribution in [3.8, 4) is 0 Å². The lowest BCUT2D eigenvalue weighted by molar-refractivity contribution is 0.264. The topological polar surface area (TPSA) is 76.5 Å². The van der Waals surface area contributed by atoms with Gasteiger partial charge in [0, 0.05) is 16.5 Å². The summed E-state index contributed by atoms with van der Waals surface area (Å²) in [4.78, 5) is 11.8. The summed E-state index contributed by atoms with van der Waals surface area (Å²) < 4.78 is 5.14. The van der Waals surface area contributed by atoms with Gasteiger partial charge in [0.25, 0.3) is 0 Å². The molecule has 0 spiro atoms. The lowest BCUT2D eigenvalue weighted by Crippen LogP contribution is -2.29. The van der Waals surface area contributed by atoms with E-state index in [1.165, 1.54) is 0 Å². The Kier molecular flexibility index (Phi) is 3.92. The van der Waals surface area contributed by atoms with Crippen LogP contribution in [0.5, 0.6) is 0 Å². The fourth-order valence-corrected chi connectivity index (χ4v) is 2.15. The number of fused-ring (bicyclic) bond motifs is 1. The summed E-state index contributed by atoms with van der Waals surface area (Å²) >= 11 is 12.0. The Hall–Kier alpha value is -1.07. The minimum Gasteiger partial charge on any atom is -0.422 e. The van der Waals surface area contributed by atoms with E-state index in [0.29, 0.717) is 16.0 Å². The maximum absolute atomic E-state index is 11.8. The van der Waals surface area contributed by atoms with Crippen molar-refractivity contribution in [3.63, 3.8) is 0 Å². The van der Waals surface area contributed by atoms with Crippen molar-refractivity contribution in [2.75, 3.05) is 6.61 Å². The first kappa shape index (κ1) is 13.4. The minimum atomic E-state index is -0.554. The normalized spacial score (nSPS) is 12.9. The summed E-state index contributed by atoms with van der Waals surface area (Å²) in [5.74, 6) is 0. The second-order valence-corrected chi connectivity index (χ2v) is 4.78. The third-order valence-electron chi connectivity index (χ3n) is 2.59. The summed E-state index contributed by atoms with van der Waals surface area (Å²) in [5.41, 5.74) is 5.69. The molecule has 3 N–H and O–H groups in total. The fraction of sp³-hybridized carbons (Fsp3) is 0.250. The number of aliphatic hydroxyl groups is 1. The Labute approximate surface area is 113 Å². The van der Waals surface area contributed by atoms with Gasteiger partial charge in [0.2, 0.25) is 0 Å². The summed E-state index contributed by atoms with van der Waals surface area (Å²) in [5, 5.41) is 10.2. The number of hydrogen-bond acceptors (Lipinski definition) is 4. The van der Waals surface area contributed by atoms with E-state index in [1.807, 2.05) is 0 Å². The first-order chi connectivity index (χ1) is 8.52. The standard InChI is InChI=1S/C12H11Cl2NO3/c13-6-1-2-10-8(3-6)11(14)9(12(17)18-10)4-7(15)5-16/h1-3,7,16H,4-5,15H2. The van der Waals surface area contributed by atoms with Crippen LogP contribution in [-0.4, -0.2) is 17.8 Å². The van der Waals surface area contributed by atoms with Gasteiger partial charge >= 0.3 is 5.63 Å². The SMILES string of the molecule is NC(CO)Cc1c(Cl)c2cc(Cl)ccc2oc1=O. The average molecular weight is 288 g/mol. The molecular weight excluding hydrogens is 277 g/mol. The highest BCUT2D eigenvalue weighted by Gasteiger charge is 2.15. The molecule has 1 aromatic carbocycles. The Morgan fingerprint density at radius 1 is 1.39 bits per heavy atom. The van der Waals surface area contributed by atoms with Crippen LogP contribution in [0.2, 0.25) is 10.0 Å². The molecule has 1 heterocycles. The highest BCUT2D eigenvalue weighted by atomic mass is 35.5. The van der Waals surface area contributed by atoms with Crippen molar-refractivity contribution in [2.45, 2.75) is 12.5 Å². The molecule has 0 bridgehead atoms. The van der Waals surface area contributed by atoms with Crippen molar-refractivity contribution in [1.82, 2.24) is 0 Å². The Bertz CT molecular complexity index is 639. The van der Waals surface area contributed by atoms with E-state index in [0.717, 1.165) is 0 Å². The van der Waals surface area contributed by atoms with Crippen molar-refractivity contribution in [1.29, 1.82) is 0 Å². The Balaban J connectivity index is 2.63. The zero-order valence-electron chi connectivity index (χ0n) is 9.32. The van der Waals surface area contributed by atoms with Gasteiger partial charge in [-0.1, -0.05) is 23.2 Å². The molecule has 1 atom stereocenters. The summed E-state index contributed by atoms with van der Waals surface area (Å²) in [7, 11) is 0. The summed E-state index contributed by atoms with van der Waals surface area (Å²) in [6.07, 6.45) is 0.153. The zero-order valence-corrected chi connectivity index (χ0v) is 10.8. The van der Waals surface area contributed by atoms with Crippen molar-refractivity contribution in [3.05, 3.63) is 44.2 Å². The van der Waals surface area contributed by atoms with E-state index in [9.17, 15) is 4.79 Å². The summed E-state index contributed by atoms with van der Waals surface area (Å²) in [6, 6.07) is 4.26. The van der Waals surface area contributed by atoms with E-state index in [4.69, 9.17) is 38.5 Å². The molecule has 0 aliphatic carbocycles. The van der Waals surface area contributed by atoms with E-state index < -0.39 is 11.7 Å². The number of hydrogen-bond donors (Lipinski definition) is 2. The van der Waals surface area contributed by atoms with Crippen LogP contribution in [0.4, 0.5) is 0 Å². The highest BCUT2D eigenvalue weighted by molar-refractivity contribution is 6.37. The molecule has 0 saturated carbocycles. The molecule has 6 heteroatoms. The number of nitrogens with two attached hydrogens (primary N) is 1. The van der Waals surface area contributed by atoms with Crippen LogP contribution in [0.25, 0.3) is 11.0 Å². The molecule has 0 aliphatic rings. The number of rotatable bonds is 3. The van der Waals surface area contributed by atoms with Gasteiger partial charge in [-0.2, -0.15) is 0 Å². The van der Waals surface area contributed by atoms with Gasteiger partial charge < -0.3 is 15.3 Å². The van der Waals surface area contributed by atoms with Gasteiger partial charge in [0.15, 0.2) is 0 Å². The quantitative estimate of drug-likeness (QED) is 0.846. The van der Waals surface area contributed by atoms with E-state index in [2.05, 4.69) is 0 Å². The second kappa shape index (κ2) is 5.28. The molecular formula is C12H11Cl2NO3. The maximum atomic E-state index is 11.8. The van der Waals surface area contributed by atoms with Gasteiger partial charge in [-0.3, -0.25) is 0 Å². The predicted molar refractivity (Wildman–Crippen MR) is 71.3 cm³/mol. The van der Waals surface area contributed by atoms with Gasteiger partial charge in [-0.25, -0.2) is 4.79 Å². The monoisotopic (exact) mass is 287 g/mol. The first-order valence-corrected chi connectivity index (χ1v) is 6.05. The molecule has 96 valence electrons. The Morgan fingerprint density at radius 3 is 2.78 bits per heavy atom. The molecule has 18 heavy (non-hydrogen) atoms. The van der Waals surface area contributed by atoms with Crippen LogP contribution in [0, 0.1) is 0 Å². The molecule has 0 radical (unpaired) electrons. The van der Waals surface area contributed by atoms with E-state index in [1.54, 1.807) is 18.2 Å². The van der Waals surface area contributed by atoms with E-state index >= 15 is 0 Å². The van der Waals surface area contributed by atoms with Crippen molar-refractivity contribution in [2.24, 2.45) is 5.73 Å². The van der Waals surface area contributed by atoms with Crippen molar-refractivity contribution >= 4 is 34.2 Å².